The summed E-state index contributed by atoms with van der Waals surface area (Å²) in [5.74, 6) is -0.156. The number of ether oxygens (including phenoxy) is 2. The molecule has 2 atom stereocenters. The van der Waals surface area contributed by atoms with Gasteiger partial charge in [0.1, 0.15) is 11.3 Å². The number of halogens is 2. The molecule has 4 aromatic rings. The number of rotatable bonds is 4. The number of amides is 1. The Hall–Kier alpha value is -4.03. The lowest BCUT2D eigenvalue weighted by Gasteiger charge is -2.35. The van der Waals surface area contributed by atoms with Crippen molar-refractivity contribution < 1.29 is 23.0 Å². The van der Waals surface area contributed by atoms with Crippen molar-refractivity contribution in [1.29, 1.82) is 0 Å². The van der Waals surface area contributed by atoms with Crippen LogP contribution in [-0.4, -0.2) is 62.2 Å². The summed E-state index contributed by atoms with van der Waals surface area (Å²) in [6, 6.07) is 6.15. The van der Waals surface area contributed by atoms with Gasteiger partial charge in [0, 0.05) is 53.8 Å². The molecule has 1 aliphatic carbocycles. The zero-order valence-electron chi connectivity index (χ0n) is 19.6. The lowest BCUT2D eigenvalue weighted by molar-refractivity contribution is -0.0613. The number of hydrogen-bond donors (Lipinski definition) is 1. The van der Waals surface area contributed by atoms with Crippen molar-refractivity contribution >= 4 is 11.6 Å². The molecule has 5 heterocycles. The topological polar surface area (TPSA) is 121 Å². The zero-order chi connectivity index (χ0) is 25.5. The highest BCUT2D eigenvalue weighted by atomic mass is 19.3. The molecule has 1 fully saturated rings. The maximum absolute atomic E-state index is 13.3. The van der Waals surface area contributed by atoms with Gasteiger partial charge in [0.15, 0.2) is 11.5 Å². The van der Waals surface area contributed by atoms with Gasteiger partial charge in [-0.05, 0) is 24.6 Å². The molecule has 10 nitrogen and oxygen atoms in total. The van der Waals surface area contributed by atoms with E-state index < -0.39 is 18.1 Å². The first-order chi connectivity index (χ1) is 17.8. The van der Waals surface area contributed by atoms with Gasteiger partial charge in [-0.3, -0.25) is 4.79 Å². The van der Waals surface area contributed by atoms with Crippen LogP contribution in [0.1, 0.15) is 51.4 Å². The minimum absolute atomic E-state index is 0.0112. The van der Waals surface area contributed by atoms with Crippen LogP contribution in [0.3, 0.4) is 0 Å². The zero-order valence-corrected chi connectivity index (χ0v) is 19.6. The molecule has 2 unspecified atom stereocenters. The summed E-state index contributed by atoms with van der Waals surface area (Å²) < 4.78 is 38.3. The normalized spacial score (nSPS) is 21.5. The van der Waals surface area contributed by atoms with E-state index in [0.717, 1.165) is 5.56 Å². The van der Waals surface area contributed by atoms with E-state index in [4.69, 9.17) is 25.3 Å². The van der Waals surface area contributed by atoms with Crippen molar-refractivity contribution in [2.24, 2.45) is 5.73 Å². The first-order valence-corrected chi connectivity index (χ1v) is 11.8. The molecule has 2 N–H and O–H groups in total. The number of nitrogens with two attached hydrogens (primary N) is 1. The number of fused-ring (bicyclic) bond motifs is 9. The minimum Gasteiger partial charge on any atom is -0.434 e. The second kappa shape index (κ2) is 7.73. The molecule has 2 bridgehead atoms. The lowest BCUT2D eigenvalue weighted by Crippen LogP contribution is -2.55. The number of carbonyl (C=O) groups excluding carboxylic acids is 1. The van der Waals surface area contributed by atoms with E-state index in [1.54, 1.807) is 53.3 Å². The molecular formula is C25H21F2N7O3. The third-order valence-electron chi connectivity index (χ3n) is 7.43. The summed E-state index contributed by atoms with van der Waals surface area (Å²) in [5.41, 5.74) is 9.73. The highest BCUT2D eigenvalue weighted by Gasteiger charge is 2.46. The molecule has 2 aliphatic heterocycles. The highest BCUT2D eigenvalue weighted by molar-refractivity contribution is 5.98. The van der Waals surface area contributed by atoms with Gasteiger partial charge in [0.25, 0.3) is 5.91 Å². The molecule has 3 aromatic heterocycles. The SMILES string of the molecule is CN1C(=O)c2cccc(OC(F)F)c2C2CC1c1nn3ccc(-c4cnc(C5(N)COC5)nc4)nc3c12. The van der Waals surface area contributed by atoms with Gasteiger partial charge in [-0.25, -0.2) is 19.5 Å². The number of carbonyl (C=O) groups is 1. The van der Waals surface area contributed by atoms with Crippen molar-refractivity contribution in [3.63, 3.8) is 0 Å². The van der Waals surface area contributed by atoms with Crippen LogP contribution in [-0.2, 0) is 10.3 Å². The van der Waals surface area contributed by atoms with E-state index >= 15 is 0 Å². The van der Waals surface area contributed by atoms with Crippen LogP contribution in [0.25, 0.3) is 16.9 Å². The van der Waals surface area contributed by atoms with E-state index in [-0.39, 0.29) is 17.7 Å². The largest absolute Gasteiger partial charge is 0.434 e. The number of alkyl halides is 2. The van der Waals surface area contributed by atoms with Gasteiger partial charge < -0.3 is 20.1 Å². The fourth-order valence-electron chi connectivity index (χ4n) is 5.55. The lowest BCUT2D eigenvalue weighted by atomic mass is 9.89. The fourth-order valence-corrected chi connectivity index (χ4v) is 5.55. The van der Waals surface area contributed by atoms with Crippen molar-refractivity contribution in [3.8, 4) is 17.0 Å². The minimum atomic E-state index is -3.02. The average molecular weight is 505 g/mol. The number of hydrogen-bond acceptors (Lipinski definition) is 8. The summed E-state index contributed by atoms with van der Waals surface area (Å²) >= 11 is 0. The molecule has 37 heavy (non-hydrogen) atoms. The average Bonchev–Trinajstić information content (AvgIpc) is 3.40. The van der Waals surface area contributed by atoms with E-state index in [1.165, 1.54) is 6.07 Å². The Kier molecular flexibility index (Phi) is 4.64. The highest BCUT2D eigenvalue weighted by Crippen LogP contribution is 2.53. The fraction of sp³-hybridized carbons (Fsp3) is 0.320. The summed E-state index contributed by atoms with van der Waals surface area (Å²) in [5, 5.41) is 4.74. The van der Waals surface area contributed by atoms with Gasteiger partial charge in [-0.15, -0.1) is 0 Å². The van der Waals surface area contributed by atoms with Crippen LogP contribution in [0.4, 0.5) is 8.78 Å². The smallest absolute Gasteiger partial charge is 0.387 e. The Morgan fingerprint density at radius 1 is 1.19 bits per heavy atom. The molecule has 1 saturated heterocycles. The molecule has 188 valence electrons. The van der Waals surface area contributed by atoms with E-state index in [0.29, 0.717) is 59.2 Å². The van der Waals surface area contributed by atoms with E-state index in [9.17, 15) is 13.6 Å². The standard InChI is InChI=1S/C25H21F2N7O3/c1-33-16-7-14(18-13(22(33)35)3-2-4-17(18)37-24(26)27)19-20(16)32-34-6-5-15(31-21(19)34)12-8-29-23(30-9-12)25(28)10-36-11-25/h2-6,8-9,14,16,24H,7,10-11,28H2,1H3. The van der Waals surface area contributed by atoms with Gasteiger partial charge in [-0.2, -0.15) is 13.9 Å². The third kappa shape index (κ3) is 3.18. The molecule has 0 spiro atoms. The molecule has 1 amide bonds. The monoisotopic (exact) mass is 505 g/mol. The Labute approximate surface area is 209 Å². The number of nitrogens with zero attached hydrogens (tertiary/aromatic N) is 6. The van der Waals surface area contributed by atoms with Crippen LogP contribution in [0.5, 0.6) is 5.75 Å². The maximum Gasteiger partial charge on any atom is 0.387 e. The van der Waals surface area contributed by atoms with Crippen molar-refractivity contribution in [3.05, 3.63) is 71.1 Å². The van der Waals surface area contributed by atoms with Crippen LogP contribution >= 0.6 is 0 Å². The first kappa shape index (κ1) is 22.2. The van der Waals surface area contributed by atoms with Gasteiger partial charge >= 0.3 is 6.61 Å². The third-order valence-corrected chi connectivity index (χ3v) is 7.43. The molecule has 12 heteroatoms. The molecular weight excluding hydrogens is 484 g/mol. The summed E-state index contributed by atoms with van der Waals surface area (Å²) in [6.07, 6.45) is 5.62. The van der Waals surface area contributed by atoms with Crippen LogP contribution in [0.15, 0.2) is 42.9 Å². The predicted molar refractivity (Wildman–Crippen MR) is 125 cm³/mol. The van der Waals surface area contributed by atoms with Crippen LogP contribution < -0.4 is 10.5 Å². The summed E-state index contributed by atoms with van der Waals surface area (Å²) in [7, 11) is 1.70. The first-order valence-electron chi connectivity index (χ1n) is 11.8. The summed E-state index contributed by atoms with van der Waals surface area (Å²) in [4.78, 5) is 28.6. The predicted octanol–water partition coefficient (Wildman–Crippen LogP) is 2.63. The Bertz CT molecular complexity index is 1570. The second-order valence-corrected chi connectivity index (χ2v) is 9.64. The van der Waals surface area contributed by atoms with Gasteiger partial charge in [0.05, 0.1) is 30.6 Å². The molecule has 3 aliphatic rings. The van der Waals surface area contributed by atoms with Crippen LogP contribution in [0, 0.1) is 0 Å². The number of aromatic nitrogens is 5. The quantitative estimate of drug-likeness (QED) is 0.450. The second-order valence-electron chi connectivity index (χ2n) is 9.64. The molecule has 1 aromatic carbocycles. The Morgan fingerprint density at radius 2 is 1.97 bits per heavy atom. The van der Waals surface area contributed by atoms with Gasteiger partial charge in [0.2, 0.25) is 0 Å². The van der Waals surface area contributed by atoms with Gasteiger partial charge in [-0.1, -0.05) is 6.07 Å². The van der Waals surface area contributed by atoms with Crippen LogP contribution in [0.2, 0.25) is 0 Å². The molecule has 0 saturated carbocycles. The number of benzene rings is 1. The maximum atomic E-state index is 13.3. The van der Waals surface area contributed by atoms with Crippen molar-refractivity contribution in [2.75, 3.05) is 20.3 Å². The van der Waals surface area contributed by atoms with Crippen molar-refractivity contribution in [2.45, 2.75) is 30.5 Å². The molecule has 7 rings (SSSR count). The summed E-state index contributed by atoms with van der Waals surface area (Å²) in [6.45, 7) is -2.27. The molecule has 0 radical (unpaired) electrons. The Balaban J connectivity index is 1.37. The van der Waals surface area contributed by atoms with E-state index in [2.05, 4.69) is 9.97 Å². The Morgan fingerprint density at radius 3 is 2.68 bits per heavy atom. The van der Waals surface area contributed by atoms with E-state index in [1.807, 2.05) is 0 Å². The van der Waals surface area contributed by atoms with Crippen molar-refractivity contribution in [1.82, 2.24) is 29.5 Å².